The molecule has 5 nitrogen and oxygen atoms in total. The minimum Gasteiger partial charge on any atom is -0.472 e. The Balaban J connectivity index is 2.34. The number of nitrogens with zero attached hydrogens (tertiary/aromatic N) is 2. The molecular formula is C9H13N3O2. The maximum Gasteiger partial charge on any atom is 0.269 e. The van der Waals surface area contributed by atoms with Gasteiger partial charge in [0.15, 0.2) is 5.69 Å². The lowest BCUT2D eigenvalue weighted by atomic mass is 10.0. The summed E-state index contributed by atoms with van der Waals surface area (Å²) in [5, 5.41) is 4.03. The van der Waals surface area contributed by atoms with Crippen LogP contribution in [-0.2, 0) is 6.54 Å². The number of carbonyl (C=O) groups excluding carboxylic acids is 1. The van der Waals surface area contributed by atoms with Crippen molar-refractivity contribution in [3.8, 4) is 5.88 Å². The van der Waals surface area contributed by atoms with Gasteiger partial charge in [-0.25, -0.2) is 4.68 Å². The average Bonchev–Trinajstić information content (AvgIpc) is 2.45. The zero-order chi connectivity index (χ0) is 10.3. The minimum atomic E-state index is -0.520. The Hall–Kier alpha value is -1.52. The van der Waals surface area contributed by atoms with Crippen LogP contribution in [0.4, 0.5) is 0 Å². The van der Waals surface area contributed by atoms with Crippen LogP contribution in [0.25, 0.3) is 0 Å². The molecule has 1 aliphatic rings. The van der Waals surface area contributed by atoms with Crippen molar-refractivity contribution in [1.82, 2.24) is 9.78 Å². The molecule has 2 heterocycles. The first-order valence-electron chi connectivity index (χ1n) is 4.55. The summed E-state index contributed by atoms with van der Waals surface area (Å²) >= 11 is 0. The third kappa shape index (κ3) is 1.45. The summed E-state index contributed by atoms with van der Waals surface area (Å²) < 4.78 is 7.31. The molecule has 0 unspecified atom stereocenters. The summed E-state index contributed by atoms with van der Waals surface area (Å²) in [6, 6.07) is 1.59. The van der Waals surface area contributed by atoms with E-state index in [-0.39, 0.29) is 11.3 Å². The van der Waals surface area contributed by atoms with Crippen LogP contribution in [0.3, 0.4) is 0 Å². The molecule has 0 radical (unpaired) electrons. The Morgan fingerprint density at radius 2 is 2.43 bits per heavy atom. The fraction of sp³-hybridized carbons (Fsp3) is 0.556. The summed E-state index contributed by atoms with van der Waals surface area (Å²) in [5.74, 6) is 0.100. The Morgan fingerprint density at radius 1 is 1.71 bits per heavy atom. The van der Waals surface area contributed by atoms with Crippen LogP contribution in [0.2, 0.25) is 0 Å². The fourth-order valence-electron chi connectivity index (χ4n) is 1.47. The van der Waals surface area contributed by atoms with Crippen LogP contribution >= 0.6 is 0 Å². The molecule has 0 saturated carbocycles. The zero-order valence-corrected chi connectivity index (χ0v) is 8.28. The van der Waals surface area contributed by atoms with Gasteiger partial charge in [-0.1, -0.05) is 0 Å². The molecule has 0 bridgehead atoms. The van der Waals surface area contributed by atoms with Gasteiger partial charge in [0.2, 0.25) is 5.88 Å². The highest BCUT2D eigenvalue weighted by Gasteiger charge is 2.28. The highest BCUT2D eigenvalue weighted by molar-refractivity contribution is 5.91. The largest absolute Gasteiger partial charge is 0.472 e. The van der Waals surface area contributed by atoms with Gasteiger partial charge in [-0.2, -0.15) is 5.10 Å². The molecule has 0 spiro atoms. The second kappa shape index (κ2) is 2.73. The third-order valence-electron chi connectivity index (χ3n) is 2.30. The summed E-state index contributed by atoms with van der Waals surface area (Å²) in [5.41, 5.74) is 5.20. The summed E-state index contributed by atoms with van der Waals surface area (Å²) in [6.07, 6.45) is 0.875. The molecular weight excluding hydrogens is 182 g/mol. The number of ether oxygens (including phenoxy) is 1. The zero-order valence-electron chi connectivity index (χ0n) is 8.28. The van der Waals surface area contributed by atoms with E-state index in [9.17, 15) is 4.79 Å². The van der Waals surface area contributed by atoms with E-state index in [1.165, 1.54) is 0 Å². The first kappa shape index (κ1) is 9.05. The molecule has 0 aliphatic carbocycles. The number of hydrogen-bond acceptors (Lipinski definition) is 3. The smallest absolute Gasteiger partial charge is 0.269 e. The van der Waals surface area contributed by atoms with Gasteiger partial charge in [-0.3, -0.25) is 4.79 Å². The number of primary amides is 1. The molecule has 0 atom stereocenters. The molecule has 0 saturated heterocycles. The molecule has 1 aromatic heterocycles. The molecule has 5 heteroatoms. The number of fused-ring (bicyclic) bond motifs is 1. The van der Waals surface area contributed by atoms with E-state index >= 15 is 0 Å². The Labute approximate surface area is 81.8 Å². The third-order valence-corrected chi connectivity index (χ3v) is 2.30. The van der Waals surface area contributed by atoms with Gasteiger partial charge in [0, 0.05) is 19.0 Å². The van der Waals surface area contributed by atoms with Crippen LogP contribution in [0.5, 0.6) is 5.88 Å². The van der Waals surface area contributed by atoms with Crippen LogP contribution in [-0.4, -0.2) is 21.3 Å². The van der Waals surface area contributed by atoms with Crippen molar-refractivity contribution in [3.05, 3.63) is 11.8 Å². The number of carbonyl (C=O) groups is 1. The maximum absolute atomic E-state index is 10.9. The standard InChI is InChI=1S/C9H13N3O2/c1-9(2)3-4-12-7(14-9)5-6(11-12)8(10)13/h5H,3-4H2,1-2H3,(H2,10,13). The fourth-order valence-corrected chi connectivity index (χ4v) is 1.47. The molecule has 0 aromatic carbocycles. The van der Waals surface area contributed by atoms with E-state index in [1.54, 1.807) is 10.7 Å². The van der Waals surface area contributed by atoms with Crippen molar-refractivity contribution in [2.24, 2.45) is 5.73 Å². The maximum atomic E-state index is 10.9. The normalized spacial score (nSPS) is 18.4. The van der Waals surface area contributed by atoms with E-state index in [1.807, 2.05) is 13.8 Å². The number of hydrogen-bond donors (Lipinski definition) is 1. The molecule has 2 N–H and O–H groups in total. The highest BCUT2D eigenvalue weighted by atomic mass is 16.5. The number of rotatable bonds is 1. The lowest BCUT2D eigenvalue weighted by molar-refractivity contribution is 0.0535. The number of amides is 1. The monoisotopic (exact) mass is 195 g/mol. The Bertz CT molecular complexity index is 381. The van der Waals surface area contributed by atoms with Gasteiger partial charge in [0.25, 0.3) is 5.91 Å². The van der Waals surface area contributed by atoms with Crippen LogP contribution in [0.15, 0.2) is 6.07 Å². The topological polar surface area (TPSA) is 70.1 Å². The lowest BCUT2D eigenvalue weighted by Crippen LogP contribution is -2.34. The van der Waals surface area contributed by atoms with Crippen LogP contribution in [0, 0.1) is 0 Å². The van der Waals surface area contributed by atoms with Crippen molar-refractivity contribution in [1.29, 1.82) is 0 Å². The molecule has 14 heavy (non-hydrogen) atoms. The van der Waals surface area contributed by atoms with Gasteiger partial charge in [0.05, 0.1) is 0 Å². The van der Waals surface area contributed by atoms with Crippen molar-refractivity contribution >= 4 is 5.91 Å². The predicted molar refractivity (Wildman–Crippen MR) is 50.1 cm³/mol. The summed E-state index contributed by atoms with van der Waals surface area (Å²) in [6.45, 7) is 4.77. The van der Waals surface area contributed by atoms with Gasteiger partial charge in [-0.15, -0.1) is 0 Å². The molecule has 1 amide bonds. The van der Waals surface area contributed by atoms with Gasteiger partial charge in [0.1, 0.15) is 5.60 Å². The van der Waals surface area contributed by atoms with Crippen molar-refractivity contribution in [2.75, 3.05) is 0 Å². The summed E-state index contributed by atoms with van der Waals surface area (Å²) in [7, 11) is 0. The van der Waals surface area contributed by atoms with Crippen molar-refractivity contribution < 1.29 is 9.53 Å². The predicted octanol–water partition coefficient (Wildman–Crippen LogP) is 0.543. The second-order valence-corrected chi connectivity index (χ2v) is 4.07. The lowest BCUT2D eigenvalue weighted by Gasteiger charge is -2.30. The van der Waals surface area contributed by atoms with E-state index in [4.69, 9.17) is 10.5 Å². The first-order valence-corrected chi connectivity index (χ1v) is 4.55. The van der Waals surface area contributed by atoms with E-state index in [2.05, 4.69) is 5.10 Å². The Morgan fingerprint density at radius 3 is 3.07 bits per heavy atom. The highest BCUT2D eigenvalue weighted by Crippen LogP contribution is 2.27. The number of aryl methyl sites for hydroxylation is 1. The second-order valence-electron chi connectivity index (χ2n) is 4.07. The number of aromatic nitrogens is 2. The van der Waals surface area contributed by atoms with Crippen LogP contribution < -0.4 is 10.5 Å². The van der Waals surface area contributed by atoms with Crippen LogP contribution in [0.1, 0.15) is 30.8 Å². The average molecular weight is 195 g/mol. The summed E-state index contributed by atoms with van der Waals surface area (Å²) in [4.78, 5) is 10.9. The molecule has 2 rings (SSSR count). The van der Waals surface area contributed by atoms with Gasteiger partial charge in [-0.05, 0) is 13.8 Å². The number of nitrogens with two attached hydrogens (primary N) is 1. The van der Waals surface area contributed by atoms with Gasteiger partial charge < -0.3 is 10.5 Å². The van der Waals surface area contributed by atoms with Crippen molar-refractivity contribution in [2.45, 2.75) is 32.4 Å². The molecule has 1 aliphatic heterocycles. The molecule has 1 aromatic rings. The van der Waals surface area contributed by atoms with Gasteiger partial charge >= 0.3 is 0 Å². The van der Waals surface area contributed by atoms with E-state index in [0.717, 1.165) is 13.0 Å². The Kier molecular flexibility index (Phi) is 1.77. The van der Waals surface area contributed by atoms with E-state index in [0.29, 0.717) is 5.88 Å². The molecule has 0 fully saturated rings. The minimum absolute atomic E-state index is 0.190. The van der Waals surface area contributed by atoms with E-state index < -0.39 is 5.91 Å². The molecule has 76 valence electrons. The first-order chi connectivity index (χ1) is 6.48. The quantitative estimate of drug-likeness (QED) is 0.711. The SMILES string of the molecule is CC1(C)CCn2nc(C(N)=O)cc2O1. The van der Waals surface area contributed by atoms with Crippen molar-refractivity contribution in [3.63, 3.8) is 0 Å².